The molecule has 0 saturated heterocycles. The first-order chi connectivity index (χ1) is 8.36. The van der Waals surface area contributed by atoms with E-state index in [-0.39, 0.29) is 0 Å². The van der Waals surface area contributed by atoms with Gasteiger partial charge in [0.15, 0.2) is 0 Å². The molecule has 17 heavy (non-hydrogen) atoms. The maximum Gasteiger partial charge on any atom is 0.114 e. The zero-order chi connectivity index (χ0) is 11.7. The molecule has 0 N–H and O–H groups in total. The molecule has 1 aliphatic carbocycles. The van der Waals surface area contributed by atoms with Gasteiger partial charge in [-0.25, -0.2) is 4.68 Å². The van der Waals surface area contributed by atoms with Crippen molar-refractivity contribution in [3.63, 3.8) is 0 Å². The number of rotatable bonds is 4. The van der Waals surface area contributed by atoms with Gasteiger partial charge in [0, 0.05) is 0 Å². The molecule has 0 aliphatic heterocycles. The van der Waals surface area contributed by atoms with E-state index in [1.807, 2.05) is 10.7 Å². The first-order valence-corrected chi connectivity index (χ1v) is 5.72. The summed E-state index contributed by atoms with van der Waals surface area (Å²) in [5, 5.41) is 16.9. The van der Waals surface area contributed by atoms with E-state index in [0.717, 1.165) is 11.0 Å². The van der Waals surface area contributed by atoms with Gasteiger partial charge in [0.05, 0.1) is 36.4 Å². The largest absolute Gasteiger partial charge is 0.376 e. The van der Waals surface area contributed by atoms with Gasteiger partial charge in [-0.3, -0.25) is 0 Å². The molecule has 0 atom stereocenters. The van der Waals surface area contributed by atoms with E-state index in [4.69, 9.17) is 10.00 Å². The lowest BCUT2D eigenvalue weighted by Crippen LogP contribution is -2.08. The van der Waals surface area contributed by atoms with Crippen LogP contribution in [0.3, 0.4) is 0 Å². The van der Waals surface area contributed by atoms with E-state index in [1.54, 1.807) is 12.1 Å². The van der Waals surface area contributed by atoms with E-state index in [2.05, 4.69) is 16.4 Å². The Hall–Kier alpha value is -1.93. The van der Waals surface area contributed by atoms with E-state index in [1.165, 1.54) is 12.8 Å². The maximum atomic E-state index is 8.79. The molecule has 3 rings (SSSR count). The van der Waals surface area contributed by atoms with Gasteiger partial charge in [0.1, 0.15) is 5.52 Å². The summed E-state index contributed by atoms with van der Waals surface area (Å²) in [5.41, 5.74) is 2.32. The fourth-order valence-electron chi connectivity index (χ4n) is 1.75. The van der Waals surface area contributed by atoms with Crippen molar-refractivity contribution in [1.82, 2.24) is 15.0 Å². The Bertz CT molecular complexity index is 580. The Kier molecular flexibility index (Phi) is 2.50. The fourth-order valence-corrected chi connectivity index (χ4v) is 1.75. The molecule has 0 bridgehead atoms. The molecule has 1 heterocycles. The molecule has 2 aromatic rings. The molecule has 0 unspecified atom stereocenters. The second-order valence-electron chi connectivity index (χ2n) is 4.20. The lowest BCUT2D eigenvalue weighted by Gasteiger charge is -2.02. The molecule has 1 aromatic heterocycles. The second-order valence-corrected chi connectivity index (χ2v) is 4.20. The average molecular weight is 228 g/mol. The topological polar surface area (TPSA) is 63.7 Å². The van der Waals surface area contributed by atoms with Crippen molar-refractivity contribution in [3.05, 3.63) is 23.8 Å². The van der Waals surface area contributed by atoms with Crippen molar-refractivity contribution < 1.29 is 4.74 Å². The molecule has 1 aliphatic rings. The van der Waals surface area contributed by atoms with Gasteiger partial charge < -0.3 is 4.74 Å². The molecule has 0 radical (unpaired) electrons. The van der Waals surface area contributed by atoms with Crippen LogP contribution in [0.1, 0.15) is 18.4 Å². The van der Waals surface area contributed by atoms with Crippen molar-refractivity contribution in [2.24, 2.45) is 0 Å². The Morgan fingerprint density at radius 3 is 3.12 bits per heavy atom. The zero-order valence-corrected chi connectivity index (χ0v) is 9.33. The molecule has 1 saturated carbocycles. The molecule has 1 aromatic carbocycles. The lowest BCUT2D eigenvalue weighted by molar-refractivity contribution is 0.110. The van der Waals surface area contributed by atoms with Crippen LogP contribution in [0.2, 0.25) is 0 Å². The molecule has 0 spiro atoms. The van der Waals surface area contributed by atoms with Gasteiger partial charge in [0.25, 0.3) is 0 Å². The quantitative estimate of drug-likeness (QED) is 0.795. The third kappa shape index (κ3) is 2.12. The predicted molar refractivity (Wildman–Crippen MR) is 61.2 cm³/mol. The van der Waals surface area contributed by atoms with Crippen molar-refractivity contribution >= 4 is 11.0 Å². The van der Waals surface area contributed by atoms with Gasteiger partial charge in [-0.15, -0.1) is 5.10 Å². The Morgan fingerprint density at radius 2 is 2.35 bits per heavy atom. The molecular weight excluding hydrogens is 216 g/mol. The van der Waals surface area contributed by atoms with Crippen LogP contribution in [0.15, 0.2) is 18.2 Å². The highest BCUT2D eigenvalue weighted by molar-refractivity contribution is 5.75. The van der Waals surface area contributed by atoms with Crippen LogP contribution < -0.4 is 0 Å². The number of ether oxygens (including phenoxy) is 1. The van der Waals surface area contributed by atoms with Crippen LogP contribution >= 0.6 is 0 Å². The first kappa shape index (κ1) is 10.2. The van der Waals surface area contributed by atoms with Gasteiger partial charge in [-0.1, -0.05) is 5.21 Å². The van der Waals surface area contributed by atoms with Crippen molar-refractivity contribution in [1.29, 1.82) is 5.26 Å². The number of hydrogen-bond acceptors (Lipinski definition) is 4. The van der Waals surface area contributed by atoms with Crippen LogP contribution in [0, 0.1) is 11.3 Å². The fraction of sp³-hybridized carbons (Fsp3) is 0.417. The highest BCUT2D eigenvalue weighted by Crippen LogP contribution is 2.23. The molecule has 1 fully saturated rings. The molecule has 0 amide bonds. The summed E-state index contributed by atoms with van der Waals surface area (Å²) in [6, 6.07) is 7.51. The molecule has 86 valence electrons. The number of hydrogen-bond donors (Lipinski definition) is 0. The zero-order valence-electron chi connectivity index (χ0n) is 9.33. The van der Waals surface area contributed by atoms with E-state index in [0.29, 0.717) is 24.8 Å². The number of fused-ring (bicyclic) bond motifs is 1. The molecule has 5 nitrogen and oxygen atoms in total. The predicted octanol–water partition coefficient (Wildman–Crippen LogP) is 1.48. The summed E-state index contributed by atoms with van der Waals surface area (Å²) in [6.07, 6.45) is 2.84. The van der Waals surface area contributed by atoms with Crippen LogP contribution in [0.25, 0.3) is 11.0 Å². The lowest BCUT2D eigenvalue weighted by atomic mass is 10.2. The normalized spacial score (nSPS) is 15.0. The molecule has 5 heteroatoms. The third-order valence-corrected chi connectivity index (χ3v) is 2.82. The van der Waals surface area contributed by atoms with Crippen molar-refractivity contribution in [2.75, 3.05) is 6.61 Å². The molecular formula is C12H12N4O. The highest BCUT2D eigenvalue weighted by Gasteiger charge is 2.21. The summed E-state index contributed by atoms with van der Waals surface area (Å²) in [6.45, 7) is 1.38. The maximum absolute atomic E-state index is 8.79. The monoisotopic (exact) mass is 228 g/mol. The minimum Gasteiger partial charge on any atom is -0.376 e. The van der Waals surface area contributed by atoms with Crippen LogP contribution in [0.5, 0.6) is 0 Å². The Labute approximate surface area is 98.6 Å². The summed E-state index contributed by atoms with van der Waals surface area (Å²) < 4.78 is 7.40. The highest BCUT2D eigenvalue weighted by atomic mass is 16.5. The van der Waals surface area contributed by atoms with Gasteiger partial charge in [0.2, 0.25) is 0 Å². The number of nitriles is 1. The summed E-state index contributed by atoms with van der Waals surface area (Å²) in [4.78, 5) is 0. The SMILES string of the molecule is N#Cc1ccc2c(c1)nnn2CCOC1CC1. The minimum absolute atomic E-state index is 0.468. The Morgan fingerprint density at radius 1 is 1.47 bits per heavy atom. The van der Waals surface area contributed by atoms with Gasteiger partial charge >= 0.3 is 0 Å². The van der Waals surface area contributed by atoms with Crippen LogP contribution in [0.4, 0.5) is 0 Å². The van der Waals surface area contributed by atoms with Crippen molar-refractivity contribution in [2.45, 2.75) is 25.5 Å². The summed E-state index contributed by atoms with van der Waals surface area (Å²) >= 11 is 0. The summed E-state index contributed by atoms with van der Waals surface area (Å²) in [5.74, 6) is 0. The smallest absolute Gasteiger partial charge is 0.114 e. The first-order valence-electron chi connectivity index (χ1n) is 5.72. The average Bonchev–Trinajstić information content (AvgIpc) is 3.10. The summed E-state index contributed by atoms with van der Waals surface area (Å²) in [7, 11) is 0. The number of nitrogens with zero attached hydrogens (tertiary/aromatic N) is 4. The van der Waals surface area contributed by atoms with Crippen LogP contribution in [-0.4, -0.2) is 27.7 Å². The minimum atomic E-state index is 0.468. The van der Waals surface area contributed by atoms with Crippen LogP contribution in [-0.2, 0) is 11.3 Å². The van der Waals surface area contributed by atoms with E-state index in [9.17, 15) is 0 Å². The second kappa shape index (κ2) is 4.15. The van der Waals surface area contributed by atoms with Gasteiger partial charge in [-0.05, 0) is 31.0 Å². The van der Waals surface area contributed by atoms with Gasteiger partial charge in [-0.2, -0.15) is 5.26 Å². The number of benzene rings is 1. The van der Waals surface area contributed by atoms with Crippen molar-refractivity contribution in [3.8, 4) is 6.07 Å². The van der Waals surface area contributed by atoms with E-state index >= 15 is 0 Å². The Balaban J connectivity index is 1.77. The standard InChI is InChI=1S/C12H12N4O/c13-8-9-1-4-12-11(7-9)14-15-16(12)5-6-17-10-2-3-10/h1,4,7,10H,2-3,5-6H2. The number of aromatic nitrogens is 3. The van der Waals surface area contributed by atoms with E-state index < -0.39 is 0 Å². The third-order valence-electron chi connectivity index (χ3n) is 2.82.